The van der Waals surface area contributed by atoms with Crippen molar-refractivity contribution in [2.75, 3.05) is 0 Å². The zero-order chi connectivity index (χ0) is 16.5. The molecule has 0 radical (unpaired) electrons. The monoisotopic (exact) mass is 355 g/mol. The average Bonchev–Trinajstić information content (AvgIpc) is 2.50. The van der Waals surface area contributed by atoms with Crippen molar-refractivity contribution < 1.29 is 4.79 Å². The molecule has 0 bridgehead atoms. The van der Waals surface area contributed by atoms with Crippen LogP contribution in [0.15, 0.2) is 18.2 Å². The highest BCUT2D eigenvalue weighted by molar-refractivity contribution is 6.39. The largest absolute Gasteiger partial charge is 0.349 e. The van der Waals surface area contributed by atoms with Crippen LogP contribution >= 0.6 is 23.2 Å². The van der Waals surface area contributed by atoms with Gasteiger partial charge in [0.2, 0.25) is 0 Å². The molecule has 1 saturated carbocycles. The smallest absolute Gasteiger partial charge is 0.254 e. The van der Waals surface area contributed by atoms with E-state index < -0.39 is 0 Å². The van der Waals surface area contributed by atoms with Gasteiger partial charge in [-0.25, -0.2) is 0 Å². The van der Waals surface area contributed by atoms with Crippen molar-refractivity contribution in [3.63, 3.8) is 0 Å². The molecule has 0 atom stereocenters. The fourth-order valence-electron chi connectivity index (χ4n) is 3.28. The molecule has 2 rings (SSSR count). The quantitative estimate of drug-likeness (QED) is 0.653. The summed E-state index contributed by atoms with van der Waals surface area (Å²) in [5.74, 6) is -0.141. The predicted molar refractivity (Wildman–Crippen MR) is 98.5 cm³/mol. The highest BCUT2D eigenvalue weighted by Gasteiger charge is 2.18. The molecule has 1 aliphatic carbocycles. The van der Waals surface area contributed by atoms with Crippen LogP contribution < -0.4 is 5.32 Å². The molecule has 0 aromatic heterocycles. The fourth-order valence-corrected chi connectivity index (χ4v) is 3.85. The SMILES string of the molecule is O=C(NC1CCCCCCCCCCC1)c1c(Cl)cccc1Cl. The Kier molecular flexibility index (Phi) is 8.25. The number of amides is 1. The van der Waals surface area contributed by atoms with E-state index >= 15 is 0 Å². The molecule has 0 unspecified atom stereocenters. The minimum atomic E-state index is -0.141. The summed E-state index contributed by atoms with van der Waals surface area (Å²) in [6, 6.07) is 5.42. The first kappa shape index (κ1) is 18.6. The third kappa shape index (κ3) is 6.35. The Bertz CT molecular complexity index is 472. The van der Waals surface area contributed by atoms with Gasteiger partial charge in [0.15, 0.2) is 0 Å². The van der Waals surface area contributed by atoms with Crippen LogP contribution in [0, 0.1) is 0 Å². The lowest BCUT2D eigenvalue weighted by Gasteiger charge is -2.20. The highest BCUT2D eigenvalue weighted by Crippen LogP contribution is 2.25. The molecular formula is C19H27Cl2NO. The lowest BCUT2D eigenvalue weighted by Crippen LogP contribution is -2.35. The zero-order valence-corrected chi connectivity index (χ0v) is 15.3. The molecule has 0 aliphatic heterocycles. The minimum absolute atomic E-state index is 0.141. The standard InChI is InChI=1S/C19H27Cl2NO/c20-16-13-10-14-17(21)18(16)19(23)22-15-11-8-6-4-2-1-3-5-7-9-12-15/h10,13-15H,1-9,11-12H2,(H,22,23). The number of hydrogen-bond donors (Lipinski definition) is 1. The van der Waals surface area contributed by atoms with Crippen LogP contribution in [0.5, 0.6) is 0 Å². The maximum Gasteiger partial charge on any atom is 0.254 e. The summed E-state index contributed by atoms with van der Waals surface area (Å²) in [6.45, 7) is 0. The topological polar surface area (TPSA) is 29.1 Å². The second kappa shape index (κ2) is 10.2. The van der Waals surface area contributed by atoms with Crippen LogP contribution in [0.1, 0.15) is 81.0 Å². The van der Waals surface area contributed by atoms with Crippen LogP contribution in [0.4, 0.5) is 0 Å². The molecule has 1 aliphatic rings. The lowest BCUT2D eigenvalue weighted by atomic mass is 9.97. The first-order chi connectivity index (χ1) is 11.2. The average molecular weight is 356 g/mol. The van der Waals surface area contributed by atoms with Crippen LogP contribution in [-0.2, 0) is 0 Å². The van der Waals surface area contributed by atoms with Gasteiger partial charge in [0.05, 0.1) is 15.6 Å². The van der Waals surface area contributed by atoms with E-state index in [1.165, 1.54) is 57.8 Å². The van der Waals surface area contributed by atoms with E-state index in [-0.39, 0.29) is 11.9 Å². The van der Waals surface area contributed by atoms with E-state index in [0.717, 1.165) is 12.8 Å². The molecule has 1 fully saturated rings. The molecular weight excluding hydrogens is 329 g/mol. The van der Waals surface area contributed by atoms with E-state index in [4.69, 9.17) is 23.2 Å². The fraction of sp³-hybridized carbons (Fsp3) is 0.632. The van der Waals surface area contributed by atoms with Gasteiger partial charge in [-0.2, -0.15) is 0 Å². The van der Waals surface area contributed by atoms with Gasteiger partial charge >= 0.3 is 0 Å². The molecule has 4 heteroatoms. The van der Waals surface area contributed by atoms with Gasteiger partial charge < -0.3 is 5.32 Å². The normalized spacial score (nSPS) is 18.7. The van der Waals surface area contributed by atoms with Crippen LogP contribution in [-0.4, -0.2) is 11.9 Å². The molecule has 1 amide bonds. The zero-order valence-electron chi connectivity index (χ0n) is 13.8. The summed E-state index contributed by atoms with van der Waals surface area (Å²) in [5.41, 5.74) is 0.405. The number of benzene rings is 1. The first-order valence-corrected chi connectivity index (χ1v) is 9.69. The molecule has 23 heavy (non-hydrogen) atoms. The molecule has 1 aromatic rings. The first-order valence-electron chi connectivity index (χ1n) is 8.93. The van der Waals surface area contributed by atoms with Gasteiger partial charge in [-0.05, 0) is 25.0 Å². The number of halogens is 2. The summed E-state index contributed by atoms with van der Waals surface area (Å²) >= 11 is 12.3. The van der Waals surface area contributed by atoms with E-state index in [2.05, 4.69) is 5.32 Å². The Labute approximate surface area is 149 Å². The highest BCUT2D eigenvalue weighted by atomic mass is 35.5. The van der Waals surface area contributed by atoms with E-state index in [9.17, 15) is 4.79 Å². The van der Waals surface area contributed by atoms with Crippen molar-refractivity contribution in [1.82, 2.24) is 5.32 Å². The lowest BCUT2D eigenvalue weighted by molar-refractivity contribution is 0.0931. The third-order valence-electron chi connectivity index (χ3n) is 4.63. The van der Waals surface area contributed by atoms with Crippen molar-refractivity contribution in [3.8, 4) is 0 Å². The molecule has 1 N–H and O–H groups in total. The third-order valence-corrected chi connectivity index (χ3v) is 5.26. The van der Waals surface area contributed by atoms with Gasteiger partial charge in [0.25, 0.3) is 5.91 Å². The Morgan fingerprint density at radius 3 is 1.74 bits per heavy atom. The number of hydrogen-bond acceptors (Lipinski definition) is 1. The number of nitrogens with one attached hydrogen (secondary N) is 1. The summed E-state index contributed by atoms with van der Waals surface area (Å²) in [4.78, 5) is 12.5. The summed E-state index contributed by atoms with van der Waals surface area (Å²) in [5, 5.41) is 4.00. The van der Waals surface area contributed by atoms with Crippen molar-refractivity contribution in [2.24, 2.45) is 0 Å². The van der Waals surface area contributed by atoms with Crippen LogP contribution in [0.3, 0.4) is 0 Å². The maximum absolute atomic E-state index is 12.5. The van der Waals surface area contributed by atoms with Crippen molar-refractivity contribution in [1.29, 1.82) is 0 Å². The van der Waals surface area contributed by atoms with Crippen LogP contribution in [0.2, 0.25) is 10.0 Å². The summed E-state index contributed by atoms with van der Waals surface area (Å²) in [6.07, 6.45) is 13.7. The number of carbonyl (C=O) groups is 1. The van der Waals surface area contributed by atoms with E-state index in [1.54, 1.807) is 18.2 Å². The summed E-state index contributed by atoms with van der Waals surface area (Å²) < 4.78 is 0. The van der Waals surface area contributed by atoms with E-state index in [0.29, 0.717) is 15.6 Å². The molecule has 0 spiro atoms. The van der Waals surface area contributed by atoms with Gasteiger partial charge in [0, 0.05) is 6.04 Å². The molecule has 128 valence electrons. The molecule has 0 saturated heterocycles. The van der Waals surface area contributed by atoms with Crippen molar-refractivity contribution in [3.05, 3.63) is 33.8 Å². The van der Waals surface area contributed by atoms with Crippen molar-refractivity contribution in [2.45, 2.75) is 76.7 Å². The predicted octanol–water partition coefficient (Wildman–Crippen LogP) is 6.40. The van der Waals surface area contributed by atoms with Gasteiger partial charge in [0.1, 0.15) is 0 Å². The molecule has 2 nitrogen and oxygen atoms in total. The van der Waals surface area contributed by atoms with Gasteiger partial charge in [-0.15, -0.1) is 0 Å². The summed E-state index contributed by atoms with van der Waals surface area (Å²) in [7, 11) is 0. The molecule has 1 aromatic carbocycles. The van der Waals surface area contributed by atoms with Crippen molar-refractivity contribution >= 4 is 29.1 Å². The van der Waals surface area contributed by atoms with E-state index in [1.807, 2.05) is 0 Å². The Morgan fingerprint density at radius 1 is 0.826 bits per heavy atom. The maximum atomic E-state index is 12.5. The Morgan fingerprint density at radius 2 is 1.26 bits per heavy atom. The Hall–Kier alpha value is -0.730. The number of rotatable bonds is 2. The Balaban J connectivity index is 1.95. The van der Waals surface area contributed by atoms with Crippen LogP contribution in [0.25, 0.3) is 0 Å². The second-order valence-electron chi connectivity index (χ2n) is 6.53. The molecule has 0 heterocycles. The minimum Gasteiger partial charge on any atom is -0.349 e. The number of carbonyl (C=O) groups excluding carboxylic acids is 1. The second-order valence-corrected chi connectivity index (χ2v) is 7.34. The van der Waals surface area contributed by atoms with Gasteiger partial charge in [-0.1, -0.05) is 87.1 Å². The van der Waals surface area contributed by atoms with Gasteiger partial charge in [-0.3, -0.25) is 4.79 Å².